The number of hydrogen-bond donors (Lipinski definition) is 1. The van der Waals surface area contributed by atoms with Gasteiger partial charge in [-0.15, -0.1) is 0 Å². The first-order valence-electron chi connectivity index (χ1n) is 7.44. The molecule has 0 unspecified atom stereocenters. The highest BCUT2D eigenvalue weighted by Crippen LogP contribution is 2.26. The van der Waals surface area contributed by atoms with Gasteiger partial charge < -0.3 is 10.1 Å². The zero-order chi connectivity index (χ0) is 15.2. The zero-order valence-electron chi connectivity index (χ0n) is 13.2. The van der Waals surface area contributed by atoms with Gasteiger partial charge in [-0.3, -0.25) is 0 Å². The Hall–Kier alpha value is -2.10. The highest BCUT2D eigenvalue weighted by atomic mass is 16.5. The van der Waals surface area contributed by atoms with Crippen molar-refractivity contribution in [2.75, 3.05) is 11.9 Å². The molecule has 0 aliphatic carbocycles. The average molecular weight is 285 g/mol. The van der Waals surface area contributed by atoms with Crippen LogP contribution in [-0.2, 0) is 0 Å². The summed E-state index contributed by atoms with van der Waals surface area (Å²) in [4.78, 5) is 8.33. The molecule has 0 saturated heterocycles. The van der Waals surface area contributed by atoms with E-state index in [4.69, 9.17) is 4.74 Å². The minimum absolute atomic E-state index is 0.517. The number of ether oxygens (including phenoxy) is 1. The molecule has 0 bridgehead atoms. The van der Waals surface area contributed by atoms with Gasteiger partial charge in [0.05, 0.1) is 0 Å². The molecule has 0 saturated carbocycles. The van der Waals surface area contributed by atoms with Gasteiger partial charge >= 0.3 is 0 Å². The number of aryl methyl sites for hydroxylation is 1. The highest BCUT2D eigenvalue weighted by Gasteiger charge is 2.06. The SMILES string of the molecule is CCCNc1cc(Oc2ccc(C(C)C)c(C)c2)ncn1. The van der Waals surface area contributed by atoms with E-state index in [0.29, 0.717) is 11.8 Å². The summed E-state index contributed by atoms with van der Waals surface area (Å²) in [6.07, 6.45) is 2.57. The lowest BCUT2D eigenvalue weighted by atomic mass is 9.98. The lowest BCUT2D eigenvalue weighted by Gasteiger charge is -2.12. The summed E-state index contributed by atoms with van der Waals surface area (Å²) in [5.41, 5.74) is 2.58. The molecule has 21 heavy (non-hydrogen) atoms. The fraction of sp³-hybridized carbons (Fsp3) is 0.412. The quantitative estimate of drug-likeness (QED) is 0.847. The first-order valence-corrected chi connectivity index (χ1v) is 7.44. The average Bonchev–Trinajstić information content (AvgIpc) is 2.45. The summed E-state index contributed by atoms with van der Waals surface area (Å²) in [6.45, 7) is 9.50. The van der Waals surface area contributed by atoms with E-state index in [0.717, 1.165) is 24.5 Å². The zero-order valence-corrected chi connectivity index (χ0v) is 13.2. The standard InChI is InChI=1S/C17H23N3O/c1-5-8-18-16-10-17(20-11-19-16)21-14-6-7-15(12(2)3)13(4)9-14/h6-7,9-12H,5,8H2,1-4H3,(H,18,19,20). The molecule has 1 heterocycles. The van der Waals surface area contributed by atoms with Crippen LogP contribution >= 0.6 is 0 Å². The number of anilines is 1. The van der Waals surface area contributed by atoms with Crippen LogP contribution in [0.1, 0.15) is 44.2 Å². The van der Waals surface area contributed by atoms with Crippen LogP contribution in [-0.4, -0.2) is 16.5 Å². The topological polar surface area (TPSA) is 47.0 Å². The van der Waals surface area contributed by atoms with E-state index in [2.05, 4.69) is 55.1 Å². The van der Waals surface area contributed by atoms with E-state index in [9.17, 15) is 0 Å². The molecule has 0 spiro atoms. The van der Waals surface area contributed by atoms with Gasteiger partial charge in [-0.2, -0.15) is 0 Å². The van der Waals surface area contributed by atoms with Crippen molar-refractivity contribution in [2.24, 2.45) is 0 Å². The predicted molar refractivity (Wildman–Crippen MR) is 86.2 cm³/mol. The van der Waals surface area contributed by atoms with E-state index in [-0.39, 0.29) is 0 Å². The van der Waals surface area contributed by atoms with Gasteiger partial charge in [0.2, 0.25) is 5.88 Å². The molecule has 0 atom stereocenters. The first-order chi connectivity index (χ1) is 10.1. The number of nitrogens with one attached hydrogen (secondary N) is 1. The summed E-state index contributed by atoms with van der Waals surface area (Å²) in [7, 11) is 0. The first kappa shape index (κ1) is 15.3. The number of benzene rings is 1. The molecular weight excluding hydrogens is 262 g/mol. The number of nitrogens with zero attached hydrogens (tertiary/aromatic N) is 2. The van der Waals surface area contributed by atoms with Gasteiger partial charge in [0.25, 0.3) is 0 Å². The van der Waals surface area contributed by atoms with Gasteiger partial charge in [-0.25, -0.2) is 9.97 Å². The van der Waals surface area contributed by atoms with Crippen molar-refractivity contribution < 1.29 is 4.74 Å². The third kappa shape index (κ3) is 4.18. The molecule has 0 amide bonds. The minimum Gasteiger partial charge on any atom is -0.439 e. The molecule has 112 valence electrons. The molecule has 0 fully saturated rings. The normalized spacial score (nSPS) is 10.7. The molecule has 1 N–H and O–H groups in total. The predicted octanol–water partition coefficient (Wildman–Crippen LogP) is 4.52. The fourth-order valence-corrected chi connectivity index (χ4v) is 2.23. The van der Waals surface area contributed by atoms with E-state index >= 15 is 0 Å². The number of hydrogen-bond acceptors (Lipinski definition) is 4. The van der Waals surface area contributed by atoms with E-state index < -0.39 is 0 Å². The van der Waals surface area contributed by atoms with Crippen molar-refractivity contribution in [3.8, 4) is 11.6 Å². The molecule has 0 aliphatic heterocycles. The molecule has 1 aromatic carbocycles. The molecular formula is C17H23N3O. The van der Waals surface area contributed by atoms with Gasteiger partial charge in [0, 0.05) is 12.6 Å². The highest BCUT2D eigenvalue weighted by molar-refractivity contribution is 5.41. The van der Waals surface area contributed by atoms with E-state index in [1.54, 1.807) is 0 Å². The summed E-state index contributed by atoms with van der Waals surface area (Å²) in [5.74, 6) is 2.66. The second-order valence-corrected chi connectivity index (χ2v) is 5.44. The van der Waals surface area contributed by atoms with Crippen molar-refractivity contribution in [1.29, 1.82) is 0 Å². The third-order valence-electron chi connectivity index (χ3n) is 3.28. The van der Waals surface area contributed by atoms with Crippen molar-refractivity contribution in [3.63, 3.8) is 0 Å². The van der Waals surface area contributed by atoms with Crippen LogP contribution < -0.4 is 10.1 Å². The Morgan fingerprint density at radius 1 is 1.19 bits per heavy atom. The second kappa shape index (κ2) is 7.07. The molecule has 2 rings (SSSR count). The summed E-state index contributed by atoms with van der Waals surface area (Å²) in [6, 6.07) is 7.98. The maximum atomic E-state index is 5.82. The molecule has 4 heteroatoms. The van der Waals surface area contributed by atoms with Crippen LogP contribution in [0.25, 0.3) is 0 Å². The second-order valence-electron chi connectivity index (χ2n) is 5.44. The monoisotopic (exact) mass is 285 g/mol. The largest absolute Gasteiger partial charge is 0.439 e. The van der Waals surface area contributed by atoms with E-state index in [1.807, 2.05) is 12.1 Å². The molecule has 0 aliphatic rings. The molecule has 0 radical (unpaired) electrons. The Kier molecular flexibility index (Phi) is 5.14. The van der Waals surface area contributed by atoms with Crippen LogP contribution in [0, 0.1) is 6.92 Å². The summed E-state index contributed by atoms with van der Waals surface area (Å²) in [5, 5.41) is 3.22. The lowest BCUT2D eigenvalue weighted by molar-refractivity contribution is 0.461. The van der Waals surface area contributed by atoms with Gasteiger partial charge in [0.15, 0.2) is 0 Å². The van der Waals surface area contributed by atoms with Crippen molar-refractivity contribution in [1.82, 2.24) is 9.97 Å². The molecule has 1 aromatic heterocycles. The molecule has 2 aromatic rings. The molecule has 4 nitrogen and oxygen atoms in total. The van der Waals surface area contributed by atoms with Crippen LogP contribution in [0.15, 0.2) is 30.6 Å². The Labute approximate surface area is 126 Å². The Morgan fingerprint density at radius 2 is 2.00 bits per heavy atom. The van der Waals surface area contributed by atoms with Gasteiger partial charge in [-0.1, -0.05) is 26.8 Å². The maximum Gasteiger partial charge on any atom is 0.224 e. The fourth-order valence-electron chi connectivity index (χ4n) is 2.23. The maximum absolute atomic E-state index is 5.82. The van der Waals surface area contributed by atoms with Crippen LogP contribution in [0.5, 0.6) is 11.6 Å². The Balaban J connectivity index is 2.12. The van der Waals surface area contributed by atoms with Crippen molar-refractivity contribution in [2.45, 2.75) is 40.0 Å². The number of rotatable bonds is 6. The smallest absolute Gasteiger partial charge is 0.224 e. The summed E-state index contributed by atoms with van der Waals surface area (Å²) < 4.78 is 5.82. The van der Waals surface area contributed by atoms with E-state index in [1.165, 1.54) is 17.5 Å². The third-order valence-corrected chi connectivity index (χ3v) is 3.28. The Morgan fingerprint density at radius 3 is 2.67 bits per heavy atom. The van der Waals surface area contributed by atoms with Gasteiger partial charge in [-0.05, 0) is 42.5 Å². The van der Waals surface area contributed by atoms with Crippen LogP contribution in [0.4, 0.5) is 5.82 Å². The van der Waals surface area contributed by atoms with Crippen LogP contribution in [0.2, 0.25) is 0 Å². The van der Waals surface area contributed by atoms with Crippen molar-refractivity contribution in [3.05, 3.63) is 41.7 Å². The van der Waals surface area contributed by atoms with Crippen molar-refractivity contribution >= 4 is 5.82 Å². The number of aromatic nitrogens is 2. The Bertz CT molecular complexity index is 596. The minimum atomic E-state index is 0.517. The van der Waals surface area contributed by atoms with Gasteiger partial charge in [0.1, 0.15) is 17.9 Å². The summed E-state index contributed by atoms with van der Waals surface area (Å²) >= 11 is 0. The lowest BCUT2D eigenvalue weighted by Crippen LogP contribution is -2.02. The van der Waals surface area contributed by atoms with Crippen LogP contribution in [0.3, 0.4) is 0 Å².